The van der Waals surface area contributed by atoms with Crippen molar-refractivity contribution in [2.24, 2.45) is 10.8 Å². The van der Waals surface area contributed by atoms with Crippen LogP contribution in [0.1, 0.15) is 27.7 Å². The molecule has 0 N–H and O–H groups in total. The van der Waals surface area contributed by atoms with Crippen molar-refractivity contribution in [1.29, 1.82) is 0 Å². The summed E-state index contributed by atoms with van der Waals surface area (Å²) in [7, 11) is 2.98. The van der Waals surface area contributed by atoms with Gasteiger partial charge >= 0.3 is 11.9 Å². The van der Waals surface area contributed by atoms with Gasteiger partial charge < -0.3 is 14.2 Å². The molecule has 0 aromatic carbocycles. The van der Waals surface area contributed by atoms with Crippen molar-refractivity contribution in [2.45, 2.75) is 27.7 Å². The number of methoxy groups -OCH3 is 2. The Labute approximate surface area is 102 Å². The number of carbonyl (C=O) groups is 2. The Morgan fingerprint density at radius 2 is 1.12 bits per heavy atom. The summed E-state index contributed by atoms with van der Waals surface area (Å²) in [5.41, 5.74) is -1.68. The first-order valence-corrected chi connectivity index (χ1v) is 5.42. The second-order valence-electron chi connectivity index (χ2n) is 5.31. The van der Waals surface area contributed by atoms with Crippen molar-refractivity contribution in [3.8, 4) is 0 Å². The van der Waals surface area contributed by atoms with Gasteiger partial charge in [-0.05, 0) is 27.7 Å². The van der Waals surface area contributed by atoms with Gasteiger partial charge in [-0.1, -0.05) is 0 Å². The molecule has 0 atom stereocenters. The summed E-state index contributed by atoms with van der Waals surface area (Å²) in [6.45, 7) is 7.05. The van der Waals surface area contributed by atoms with E-state index in [1.54, 1.807) is 27.7 Å². The van der Waals surface area contributed by atoms with Crippen molar-refractivity contribution >= 4 is 11.9 Å². The second-order valence-corrected chi connectivity index (χ2v) is 5.31. The molecule has 0 fully saturated rings. The molecule has 0 unspecified atom stereocenters. The van der Waals surface area contributed by atoms with Gasteiger partial charge in [0.05, 0.1) is 24.0 Å². The highest BCUT2D eigenvalue weighted by Gasteiger charge is 2.36. The summed E-state index contributed by atoms with van der Waals surface area (Å²) < 4.78 is 14.7. The average Bonchev–Trinajstić information content (AvgIpc) is 2.17. The lowest BCUT2D eigenvalue weighted by Gasteiger charge is -2.25. The van der Waals surface area contributed by atoms with Crippen LogP contribution in [0.25, 0.3) is 0 Å². The fraction of sp³-hybridized carbons (Fsp3) is 0.833. The summed E-state index contributed by atoms with van der Waals surface area (Å²) >= 11 is 0. The zero-order valence-corrected chi connectivity index (χ0v) is 11.5. The van der Waals surface area contributed by atoms with E-state index in [0.717, 1.165) is 0 Å². The SMILES string of the molecule is COCC(C)(C)C(=O)OC(=O)C(C)(C)COC. The molecule has 0 radical (unpaired) electrons. The minimum atomic E-state index is -0.840. The van der Waals surface area contributed by atoms with E-state index in [1.165, 1.54) is 14.2 Å². The first-order chi connectivity index (χ1) is 7.67. The molecule has 0 heterocycles. The van der Waals surface area contributed by atoms with E-state index in [4.69, 9.17) is 14.2 Å². The summed E-state index contributed by atoms with van der Waals surface area (Å²) in [6, 6.07) is 0. The first-order valence-electron chi connectivity index (χ1n) is 5.42. The largest absolute Gasteiger partial charge is 0.392 e. The van der Waals surface area contributed by atoms with Gasteiger partial charge in [-0.2, -0.15) is 0 Å². The number of hydrogen-bond acceptors (Lipinski definition) is 5. The van der Waals surface area contributed by atoms with Crippen molar-refractivity contribution in [3.63, 3.8) is 0 Å². The summed E-state index contributed by atoms with van der Waals surface area (Å²) in [5, 5.41) is 0. The lowest BCUT2D eigenvalue weighted by atomic mass is 9.93. The third kappa shape index (κ3) is 4.83. The number of esters is 2. The molecule has 0 aliphatic rings. The predicted octanol–water partition coefficient (Wildman–Crippen LogP) is 1.40. The lowest BCUT2D eigenvalue weighted by Crippen LogP contribution is -2.38. The monoisotopic (exact) mass is 246 g/mol. The highest BCUT2D eigenvalue weighted by molar-refractivity contribution is 5.91. The lowest BCUT2D eigenvalue weighted by molar-refractivity contribution is -0.175. The zero-order valence-electron chi connectivity index (χ0n) is 11.5. The Morgan fingerprint density at radius 1 is 0.824 bits per heavy atom. The van der Waals surface area contributed by atoms with Crippen LogP contribution in [0, 0.1) is 10.8 Å². The second kappa shape index (κ2) is 6.12. The Balaban J connectivity index is 4.54. The molecule has 0 aliphatic carbocycles. The molecule has 5 heteroatoms. The fourth-order valence-corrected chi connectivity index (χ4v) is 1.20. The van der Waals surface area contributed by atoms with Crippen LogP contribution in [0.3, 0.4) is 0 Å². The molecular formula is C12H22O5. The van der Waals surface area contributed by atoms with Gasteiger partial charge in [0.1, 0.15) is 0 Å². The van der Waals surface area contributed by atoms with E-state index in [1.807, 2.05) is 0 Å². The van der Waals surface area contributed by atoms with Crippen LogP contribution in [0.15, 0.2) is 0 Å². The number of carbonyl (C=O) groups excluding carboxylic acids is 2. The van der Waals surface area contributed by atoms with Gasteiger partial charge in [0, 0.05) is 14.2 Å². The Hall–Kier alpha value is -0.940. The molecule has 0 spiro atoms. The van der Waals surface area contributed by atoms with Crippen LogP contribution in [0.2, 0.25) is 0 Å². The van der Waals surface area contributed by atoms with Crippen molar-refractivity contribution in [1.82, 2.24) is 0 Å². The number of hydrogen-bond donors (Lipinski definition) is 0. The van der Waals surface area contributed by atoms with E-state index < -0.39 is 22.8 Å². The normalized spacial score (nSPS) is 12.4. The Bertz CT molecular complexity index is 253. The number of ether oxygens (including phenoxy) is 3. The average molecular weight is 246 g/mol. The van der Waals surface area contributed by atoms with Gasteiger partial charge in [0.15, 0.2) is 0 Å². The molecule has 5 nitrogen and oxygen atoms in total. The third-order valence-corrected chi connectivity index (χ3v) is 2.30. The van der Waals surface area contributed by atoms with E-state index in [2.05, 4.69) is 0 Å². The molecule has 0 aliphatic heterocycles. The smallest absolute Gasteiger partial charge is 0.321 e. The van der Waals surface area contributed by atoms with E-state index in [-0.39, 0.29) is 13.2 Å². The Morgan fingerprint density at radius 3 is 1.35 bits per heavy atom. The maximum atomic E-state index is 11.8. The van der Waals surface area contributed by atoms with Crippen LogP contribution >= 0.6 is 0 Å². The number of rotatable bonds is 6. The van der Waals surface area contributed by atoms with Crippen LogP contribution < -0.4 is 0 Å². The molecule has 0 aromatic rings. The fourth-order valence-electron chi connectivity index (χ4n) is 1.20. The molecule has 0 bridgehead atoms. The highest BCUT2D eigenvalue weighted by Crippen LogP contribution is 2.22. The minimum Gasteiger partial charge on any atom is -0.392 e. The molecule has 0 aromatic heterocycles. The van der Waals surface area contributed by atoms with Crippen LogP contribution in [0.5, 0.6) is 0 Å². The third-order valence-electron chi connectivity index (χ3n) is 2.30. The van der Waals surface area contributed by atoms with Crippen LogP contribution in [-0.4, -0.2) is 39.4 Å². The first kappa shape index (κ1) is 16.1. The summed E-state index contributed by atoms with van der Waals surface area (Å²) in [4.78, 5) is 23.5. The molecule has 17 heavy (non-hydrogen) atoms. The topological polar surface area (TPSA) is 61.8 Å². The minimum absolute atomic E-state index is 0.198. The quantitative estimate of drug-likeness (QED) is 0.523. The van der Waals surface area contributed by atoms with E-state index >= 15 is 0 Å². The standard InChI is InChI=1S/C12H22O5/c1-11(2,7-15-5)9(13)17-10(14)12(3,4)8-16-6/h7-8H2,1-6H3. The van der Waals surface area contributed by atoms with Gasteiger partial charge in [0.25, 0.3) is 0 Å². The molecule has 0 rings (SSSR count). The van der Waals surface area contributed by atoms with E-state index in [0.29, 0.717) is 0 Å². The Kier molecular flexibility index (Phi) is 5.78. The van der Waals surface area contributed by atoms with Crippen LogP contribution in [0.4, 0.5) is 0 Å². The van der Waals surface area contributed by atoms with Gasteiger partial charge in [-0.3, -0.25) is 9.59 Å². The van der Waals surface area contributed by atoms with Crippen molar-refractivity contribution in [3.05, 3.63) is 0 Å². The van der Waals surface area contributed by atoms with Crippen molar-refractivity contribution in [2.75, 3.05) is 27.4 Å². The van der Waals surface area contributed by atoms with E-state index in [9.17, 15) is 9.59 Å². The van der Waals surface area contributed by atoms with Crippen molar-refractivity contribution < 1.29 is 23.8 Å². The summed E-state index contributed by atoms with van der Waals surface area (Å²) in [6.07, 6.45) is 0. The van der Waals surface area contributed by atoms with Gasteiger partial charge in [-0.15, -0.1) is 0 Å². The highest BCUT2D eigenvalue weighted by atomic mass is 16.6. The molecule has 100 valence electrons. The molecular weight excluding hydrogens is 224 g/mol. The summed E-state index contributed by atoms with van der Waals surface area (Å²) in [5.74, 6) is -1.18. The van der Waals surface area contributed by atoms with Gasteiger partial charge in [0.2, 0.25) is 0 Å². The zero-order chi connectivity index (χ0) is 13.7. The molecule has 0 saturated heterocycles. The predicted molar refractivity (Wildman–Crippen MR) is 62.4 cm³/mol. The maximum Gasteiger partial charge on any atom is 0.321 e. The molecule has 0 saturated carbocycles. The van der Waals surface area contributed by atoms with Crippen LogP contribution in [-0.2, 0) is 23.8 Å². The van der Waals surface area contributed by atoms with Gasteiger partial charge in [-0.25, -0.2) is 0 Å². The molecule has 0 amide bonds. The maximum absolute atomic E-state index is 11.8.